The van der Waals surface area contributed by atoms with Crippen molar-refractivity contribution >= 4 is 28.6 Å². The lowest BCUT2D eigenvalue weighted by atomic mass is 10.3. The number of imidazole rings is 1. The van der Waals surface area contributed by atoms with Gasteiger partial charge in [0, 0.05) is 12.6 Å². The van der Waals surface area contributed by atoms with Crippen molar-refractivity contribution in [2.75, 3.05) is 19.0 Å². The van der Waals surface area contributed by atoms with E-state index in [-0.39, 0.29) is 0 Å². The topological polar surface area (TPSA) is 75.7 Å². The Morgan fingerprint density at radius 1 is 1.29 bits per heavy atom. The smallest absolute Gasteiger partial charge is 0.172 e. The Bertz CT molecular complexity index is 758. The first kappa shape index (κ1) is 13.7. The summed E-state index contributed by atoms with van der Waals surface area (Å²) in [6.07, 6.45) is 3.43. The summed E-state index contributed by atoms with van der Waals surface area (Å²) in [5.74, 6) is 1.57. The standard InChI is InChI=1S/C14H15N5OS/c1-3-16-12-7-15-8-13(19-12)21-14-17-10-5-4-9(20-2)6-11(10)18-14/h4-8H,3H2,1-2H3,(H,16,19)(H,17,18). The second kappa shape index (κ2) is 6.01. The minimum Gasteiger partial charge on any atom is -0.497 e. The Hall–Kier alpha value is -2.28. The largest absolute Gasteiger partial charge is 0.497 e. The van der Waals surface area contributed by atoms with Crippen LogP contribution in [-0.4, -0.2) is 33.6 Å². The SMILES string of the molecule is CCNc1cncc(Sc2nc3ccc(OC)cc3[nH]2)n1. The Balaban J connectivity index is 1.85. The molecule has 0 aliphatic rings. The van der Waals surface area contributed by atoms with Crippen molar-refractivity contribution in [3.8, 4) is 5.75 Å². The molecule has 0 aliphatic heterocycles. The Labute approximate surface area is 126 Å². The van der Waals surface area contributed by atoms with Crippen LogP contribution in [0.15, 0.2) is 40.8 Å². The number of benzene rings is 1. The van der Waals surface area contributed by atoms with Crippen LogP contribution in [-0.2, 0) is 0 Å². The van der Waals surface area contributed by atoms with Gasteiger partial charge < -0.3 is 15.0 Å². The number of hydrogen-bond acceptors (Lipinski definition) is 6. The number of ether oxygens (including phenoxy) is 1. The van der Waals surface area contributed by atoms with Gasteiger partial charge in [-0.3, -0.25) is 4.98 Å². The maximum absolute atomic E-state index is 5.21. The van der Waals surface area contributed by atoms with E-state index >= 15 is 0 Å². The van der Waals surface area contributed by atoms with Gasteiger partial charge in [-0.25, -0.2) is 9.97 Å². The van der Waals surface area contributed by atoms with E-state index < -0.39 is 0 Å². The van der Waals surface area contributed by atoms with E-state index in [4.69, 9.17) is 4.74 Å². The number of nitrogens with zero attached hydrogens (tertiary/aromatic N) is 3. The molecule has 3 rings (SSSR count). The third-order valence-electron chi connectivity index (χ3n) is 2.84. The fourth-order valence-corrected chi connectivity index (χ4v) is 2.66. The zero-order valence-electron chi connectivity index (χ0n) is 11.8. The van der Waals surface area contributed by atoms with Gasteiger partial charge in [0.05, 0.1) is 30.5 Å². The molecule has 0 saturated heterocycles. The molecule has 0 spiro atoms. The van der Waals surface area contributed by atoms with Crippen LogP contribution in [0, 0.1) is 0 Å². The lowest BCUT2D eigenvalue weighted by Gasteiger charge is -2.02. The van der Waals surface area contributed by atoms with E-state index in [1.807, 2.05) is 25.1 Å². The van der Waals surface area contributed by atoms with Gasteiger partial charge in [-0.1, -0.05) is 0 Å². The Morgan fingerprint density at radius 3 is 3.00 bits per heavy atom. The fraction of sp³-hybridized carbons (Fsp3) is 0.214. The summed E-state index contributed by atoms with van der Waals surface area (Å²) >= 11 is 1.45. The number of H-pyrrole nitrogens is 1. The molecule has 0 amide bonds. The van der Waals surface area contributed by atoms with Crippen molar-refractivity contribution in [3.05, 3.63) is 30.6 Å². The average Bonchev–Trinajstić information content (AvgIpc) is 2.89. The third-order valence-corrected chi connectivity index (χ3v) is 3.63. The molecule has 0 radical (unpaired) electrons. The van der Waals surface area contributed by atoms with Gasteiger partial charge in [-0.15, -0.1) is 0 Å². The van der Waals surface area contributed by atoms with Gasteiger partial charge in [0.1, 0.15) is 16.6 Å². The Morgan fingerprint density at radius 2 is 2.19 bits per heavy atom. The number of fused-ring (bicyclic) bond motifs is 1. The molecule has 0 fully saturated rings. The highest BCUT2D eigenvalue weighted by atomic mass is 32.2. The minimum absolute atomic E-state index is 0.764. The molecular formula is C14H15N5OS. The zero-order valence-corrected chi connectivity index (χ0v) is 12.6. The molecule has 108 valence electrons. The Kier molecular flexibility index (Phi) is 3.92. The van der Waals surface area contributed by atoms with E-state index in [0.29, 0.717) is 0 Å². The van der Waals surface area contributed by atoms with Gasteiger partial charge in [-0.2, -0.15) is 0 Å². The van der Waals surface area contributed by atoms with Crippen LogP contribution in [0.25, 0.3) is 11.0 Å². The molecule has 2 aromatic heterocycles. The molecule has 21 heavy (non-hydrogen) atoms. The molecule has 0 saturated carbocycles. The van der Waals surface area contributed by atoms with Crippen LogP contribution < -0.4 is 10.1 Å². The highest BCUT2D eigenvalue weighted by Crippen LogP contribution is 2.27. The van der Waals surface area contributed by atoms with Crippen LogP contribution >= 0.6 is 11.8 Å². The minimum atomic E-state index is 0.764. The average molecular weight is 301 g/mol. The molecule has 3 aromatic rings. The second-order valence-electron chi connectivity index (χ2n) is 4.30. The molecule has 7 heteroatoms. The van der Waals surface area contributed by atoms with Crippen molar-refractivity contribution in [1.82, 2.24) is 19.9 Å². The summed E-state index contributed by atoms with van der Waals surface area (Å²) in [5.41, 5.74) is 1.83. The number of rotatable bonds is 5. The maximum atomic E-state index is 5.21. The highest BCUT2D eigenvalue weighted by Gasteiger charge is 2.07. The number of aromatic amines is 1. The van der Waals surface area contributed by atoms with E-state index in [0.717, 1.165) is 39.3 Å². The predicted molar refractivity (Wildman–Crippen MR) is 83.0 cm³/mol. The number of methoxy groups -OCH3 is 1. The van der Waals surface area contributed by atoms with Gasteiger partial charge >= 0.3 is 0 Å². The van der Waals surface area contributed by atoms with Crippen LogP contribution in [0.4, 0.5) is 5.82 Å². The predicted octanol–water partition coefficient (Wildman–Crippen LogP) is 2.94. The first-order valence-electron chi connectivity index (χ1n) is 6.56. The lowest BCUT2D eigenvalue weighted by Crippen LogP contribution is -2.00. The summed E-state index contributed by atoms with van der Waals surface area (Å²) in [6, 6.07) is 5.74. The van der Waals surface area contributed by atoms with E-state index in [1.54, 1.807) is 19.5 Å². The molecule has 6 nitrogen and oxygen atoms in total. The van der Waals surface area contributed by atoms with Crippen LogP contribution in [0.2, 0.25) is 0 Å². The van der Waals surface area contributed by atoms with Crippen molar-refractivity contribution in [2.45, 2.75) is 17.1 Å². The monoisotopic (exact) mass is 301 g/mol. The third kappa shape index (κ3) is 3.08. The van der Waals surface area contributed by atoms with Crippen molar-refractivity contribution in [3.63, 3.8) is 0 Å². The maximum Gasteiger partial charge on any atom is 0.172 e. The molecular weight excluding hydrogens is 286 g/mol. The summed E-state index contributed by atoms with van der Waals surface area (Å²) in [4.78, 5) is 16.4. The van der Waals surface area contributed by atoms with Crippen LogP contribution in [0.3, 0.4) is 0 Å². The van der Waals surface area contributed by atoms with Gasteiger partial charge in [-0.05, 0) is 30.8 Å². The number of nitrogens with one attached hydrogen (secondary N) is 2. The molecule has 0 atom stereocenters. The summed E-state index contributed by atoms with van der Waals surface area (Å²) < 4.78 is 5.21. The molecule has 0 bridgehead atoms. The van der Waals surface area contributed by atoms with Gasteiger partial charge in [0.25, 0.3) is 0 Å². The summed E-state index contributed by atoms with van der Waals surface area (Å²) in [6.45, 7) is 2.83. The first-order valence-corrected chi connectivity index (χ1v) is 7.37. The number of anilines is 1. The van der Waals surface area contributed by atoms with Crippen LogP contribution in [0.5, 0.6) is 5.75 Å². The van der Waals surface area contributed by atoms with Crippen molar-refractivity contribution < 1.29 is 4.74 Å². The van der Waals surface area contributed by atoms with Crippen molar-refractivity contribution in [2.24, 2.45) is 0 Å². The second-order valence-corrected chi connectivity index (χ2v) is 5.31. The highest BCUT2D eigenvalue weighted by molar-refractivity contribution is 7.99. The molecule has 1 aromatic carbocycles. The number of aromatic nitrogens is 4. The first-order chi connectivity index (χ1) is 10.3. The normalized spacial score (nSPS) is 10.8. The number of hydrogen-bond donors (Lipinski definition) is 2. The van der Waals surface area contributed by atoms with Crippen LogP contribution in [0.1, 0.15) is 6.92 Å². The van der Waals surface area contributed by atoms with E-state index in [2.05, 4.69) is 25.3 Å². The fourth-order valence-electron chi connectivity index (χ4n) is 1.90. The lowest BCUT2D eigenvalue weighted by molar-refractivity contribution is 0.415. The van der Waals surface area contributed by atoms with E-state index in [9.17, 15) is 0 Å². The molecule has 0 unspecified atom stereocenters. The quantitative estimate of drug-likeness (QED) is 0.754. The summed E-state index contributed by atoms with van der Waals surface area (Å²) in [5, 5.41) is 4.71. The molecule has 2 heterocycles. The summed E-state index contributed by atoms with van der Waals surface area (Å²) in [7, 11) is 1.65. The van der Waals surface area contributed by atoms with Crippen molar-refractivity contribution in [1.29, 1.82) is 0 Å². The van der Waals surface area contributed by atoms with Gasteiger partial charge in [0.15, 0.2) is 5.16 Å². The molecule has 2 N–H and O–H groups in total. The molecule has 0 aliphatic carbocycles. The zero-order chi connectivity index (χ0) is 14.7. The van der Waals surface area contributed by atoms with Gasteiger partial charge in [0.2, 0.25) is 0 Å². The van der Waals surface area contributed by atoms with E-state index in [1.165, 1.54) is 11.8 Å².